The number of hydrogen-bond acceptors (Lipinski definition) is 6. The van der Waals surface area contributed by atoms with E-state index < -0.39 is 0 Å². The van der Waals surface area contributed by atoms with Gasteiger partial charge in [-0.3, -0.25) is 10.1 Å². The molecule has 2 aromatic heterocycles. The molecule has 3 heterocycles. The molecule has 0 fully saturated rings. The lowest BCUT2D eigenvalue weighted by Gasteiger charge is -2.14. The second-order valence-corrected chi connectivity index (χ2v) is 6.84. The Morgan fingerprint density at radius 1 is 1.38 bits per heavy atom. The van der Waals surface area contributed by atoms with Gasteiger partial charge in [0.05, 0.1) is 5.69 Å². The van der Waals surface area contributed by atoms with Crippen LogP contribution in [0.2, 0.25) is 0 Å². The molecule has 0 aromatic carbocycles. The maximum Gasteiger partial charge on any atom is 0.295 e. The molecular formula is C14H14N2O3S2. The molecule has 0 saturated heterocycles. The molecule has 0 atom stereocenters. The van der Waals surface area contributed by atoms with Crippen LogP contribution in [0.15, 0.2) is 23.5 Å². The second kappa shape index (κ2) is 5.87. The quantitative estimate of drug-likeness (QED) is 0.942. The first-order valence-corrected chi connectivity index (χ1v) is 8.12. The van der Waals surface area contributed by atoms with Crippen LogP contribution in [0.4, 0.5) is 5.13 Å². The fourth-order valence-electron chi connectivity index (χ4n) is 1.99. The Morgan fingerprint density at radius 3 is 2.90 bits per heavy atom. The first-order chi connectivity index (χ1) is 10.1. The van der Waals surface area contributed by atoms with Crippen molar-refractivity contribution < 1.29 is 14.3 Å². The summed E-state index contributed by atoms with van der Waals surface area (Å²) < 4.78 is 10.3. The van der Waals surface area contributed by atoms with E-state index in [9.17, 15) is 4.79 Å². The highest BCUT2D eigenvalue weighted by Crippen LogP contribution is 2.32. The summed E-state index contributed by atoms with van der Waals surface area (Å²) in [5.41, 5.74) is 2.00. The summed E-state index contributed by atoms with van der Waals surface area (Å²) in [5, 5.41) is 5.22. The molecule has 1 N–H and O–H groups in total. The average Bonchev–Trinajstić information content (AvgIpc) is 3.06. The second-order valence-electron chi connectivity index (χ2n) is 4.52. The molecule has 5 nitrogen and oxygen atoms in total. The molecule has 1 aliphatic rings. The van der Waals surface area contributed by atoms with Gasteiger partial charge in [0, 0.05) is 20.7 Å². The van der Waals surface area contributed by atoms with Gasteiger partial charge in [-0.1, -0.05) is 0 Å². The van der Waals surface area contributed by atoms with Crippen molar-refractivity contribution in [2.75, 3.05) is 18.5 Å². The maximum absolute atomic E-state index is 12.0. The van der Waals surface area contributed by atoms with E-state index in [0.29, 0.717) is 18.3 Å². The zero-order valence-corrected chi connectivity index (χ0v) is 13.3. The van der Waals surface area contributed by atoms with Gasteiger partial charge in [-0.2, -0.15) is 0 Å². The van der Waals surface area contributed by atoms with E-state index in [1.165, 1.54) is 27.4 Å². The molecule has 3 rings (SSSR count). The Morgan fingerprint density at radius 2 is 2.24 bits per heavy atom. The highest BCUT2D eigenvalue weighted by atomic mass is 32.1. The molecule has 0 unspecified atom stereocenters. The fourth-order valence-corrected chi connectivity index (χ4v) is 3.62. The third kappa shape index (κ3) is 3.08. The molecule has 0 aliphatic carbocycles. The van der Waals surface area contributed by atoms with Crippen LogP contribution in [-0.4, -0.2) is 24.1 Å². The summed E-state index contributed by atoms with van der Waals surface area (Å²) in [6, 6.07) is 2.11. The van der Waals surface area contributed by atoms with Gasteiger partial charge in [-0.25, -0.2) is 4.98 Å². The summed E-state index contributed by atoms with van der Waals surface area (Å²) in [6.07, 6.45) is 1.33. The van der Waals surface area contributed by atoms with Crippen molar-refractivity contribution in [1.29, 1.82) is 0 Å². The van der Waals surface area contributed by atoms with Gasteiger partial charge < -0.3 is 9.47 Å². The molecule has 2 aromatic rings. The van der Waals surface area contributed by atoms with E-state index in [-0.39, 0.29) is 11.7 Å². The molecule has 0 saturated carbocycles. The number of nitrogens with zero attached hydrogens (tertiary/aromatic N) is 1. The minimum Gasteiger partial charge on any atom is -0.494 e. The Bertz CT molecular complexity index is 703. The Labute approximate surface area is 130 Å². The SMILES string of the molecule is Cc1cc(-c2csc(NC(=O)C3=COCCO3)n2)c(C)s1. The van der Waals surface area contributed by atoms with Crippen LogP contribution in [0.3, 0.4) is 0 Å². The van der Waals surface area contributed by atoms with E-state index in [4.69, 9.17) is 9.47 Å². The highest BCUT2D eigenvalue weighted by molar-refractivity contribution is 7.14. The van der Waals surface area contributed by atoms with E-state index in [0.717, 1.165) is 11.3 Å². The number of hydrogen-bond donors (Lipinski definition) is 1. The lowest BCUT2D eigenvalue weighted by atomic mass is 10.2. The van der Waals surface area contributed by atoms with Crippen molar-refractivity contribution in [3.63, 3.8) is 0 Å². The minimum atomic E-state index is -0.339. The van der Waals surface area contributed by atoms with E-state index in [1.807, 2.05) is 5.38 Å². The monoisotopic (exact) mass is 322 g/mol. The number of anilines is 1. The zero-order valence-electron chi connectivity index (χ0n) is 11.6. The summed E-state index contributed by atoms with van der Waals surface area (Å²) in [5.74, 6) is -0.158. The van der Waals surface area contributed by atoms with Gasteiger partial charge >= 0.3 is 0 Å². The Kier molecular flexibility index (Phi) is 3.94. The van der Waals surface area contributed by atoms with Crippen LogP contribution in [0, 0.1) is 13.8 Å². The number of rotatable bonds is 3. The van der Waals surface area contributed by atoms with Crippen LogP contribution >= 0.6 is 22.7 Å². The predicted octanol–water partition coefficient (Wildman–Crippen LogP) is 3.32. The maximum atomic E-state index is 12.0. The van der Waals surface area contributed by atoms with Crippen molar-refractivity contribution in [2.24, 2.45) is 0 Å². The van der Waals surface area contributed by atoms with E-state index >= 15 is 0 Å². The lowest BCUT2D eigenvalue weighted by molar-refractivity contribution is -0.117. The Hall–Kier alpha value is -1.86. The first kappa shape index (κ1) is 14.1. The molecule has 1 amide bonds. The number of nitrogens with one attached hydrogen (secondary N) is 1. The third-order valence-electron chi connectivity index (χ3n) is 2.91. The smallest absolute Gasteiger partial charge is 0.295 e. The van der Waals surface area contributed by atoms with Crippen LogP contribution in [0.25, 0.3) is 11.3 Å². The van der Waals surface area contributed by atoms with Gasteiger partial charge in [0.2, 0.25) is 5.76 Å². The predicted molar refractivity (Wildman–Crippen MR) is 83.5 cm³/mol. The van der Waals surface area contributed by atoms with Gasteiger partial charge in [-0.15, -0.1) is 22.7 Å². The molecule has 0 spiro atoms. The number of thiazole rings is 1. The molecule has 7 heteroatoms. The molecule has 0 bridgehead atoms. The van der Waals surface area contributed by atoms with Gasteiger partial charge in [0.1, 0.15) is 19.5 Å². The van der Waals surface area contributed by atoms with Crippen molar-refractivity contribution in [3.05, 3.63) is 33.2 Å². The van der Waals surface area contributed by atoms with Crippen molar-refractivity contribution in [1.82, 2.24) is 4.98 Å². The summed E-state index contributed by atoms with van der Waals surface area (Å²) in [7, 11) is 0. The largest absolute Gasteiger partial charge is 0.494 e. The van der Waals surface area contributed by atoms with Crippen LogP contribution in [0.5, 0.6) is 0 Å². The number of ether oxygens (including phenoxy) is 2. The van der Waals surface area contributed by atoms with Crippen LogP contribution < -0.4 is 5.32 Å². The topological polar surface area (TPSA) is 60.5 Å². The number of amides is 1. The first-order valence-electron chi connectivity index (χ1n) is 6.42. The average molecular weight is 322 g/mol. The number of aryl methyl sites for hydroxylation is 2. The minimum absolute atomic E-state index is 0.181. The summed E-state index contributed by atoms with van der Waals surface area (Å²) in [4.78, 5) is 18.9. The number of carbonyl (C=O) groups is 1. The molecular weight excluding hydrogens is 308 g/mol. The van der Waals surface area contributed by atoms with Gasteiger partial charge in [0.15, 0.2) is 5.13 Å². The Balaban J connectivity index is 1.75. The fraction of sp³-hybridized carbons (Fsp3) is 0.286. The van der Waals surface area contributed by atoms with E-state index in [1.54, 1.807) is 11.3 Å². The molecule has 21 heavy (non-hydrogen) atoms. The summed E-state index contributed by atoms with van der Waals surface area (Å²) >= 11 is 3.13. The molecule has 110 valence electrons. The summed E-state index contributed by atoms with van der Waals surface area (Å²) in [6.45, 7) is 5.00. The zero-order chi connectivity index (χ0) is 14.8. The van der Waals surface area contributed by atoms with Crippen LogP contribution in [-0.2, 0) is 14.3 Å². The normalized spacial score (nSPS) is 14.1. The van der Waals surface area contributed by atoms with Crippen molar-refractivity contribution in [2.45, 2.75) is 13.8 Å². The van der Waals surface area contributed by atoms with Crippen LogP contribution in [0.1, 0.15) is 9.75 Å². The lowest BCUT2D eigenvalue weighted by Crippen LogP contribution is -2.21. The van der Waals surface area contributed by atoms with Crippen molar-refractivity contribution in [3.8, 4) is 11.3 Å². The number of aromatic nitrogens is 1. The van der Waals surface area contributed by atoms with Crippen molar-refractivity contribution >= 4 is 33.7 Å². The standard InChI is InChI=1S/C14H14N2O3S2/c1-8-5-10(9(2)21-8)11-7-20-14(15-11)16-13(17)12-6-18-3-4-19-12/h5-7H,3-4H2,1-2H3,(H,15,16,17). The molecule has 1 aliphatic heterocycles. The third-order valence-corrected chi connectivity index (χ3v) is 4.64. The number of carbonyl (C=O) groups excluding carboxylic acids is 1. The highest BCUT2D eigenvalue weighted by Gasteiger charge is 2.17. The molecule has 0 radical (unpaired) electrons. The number of thiophene rings is 1. The van der Waals surface area contributed by atoms with Gasteiger partial charge in [-0.05, 0) is 19.9 Å². The van der Waals surface area contributed by atoms with E-state index in [2.05, 4.69) is 30.2 Å². The van der Waals surface area contributed by atoms with Gasteiger partial charge in [0.25, 0.3) is 5.91 Å².